The van der Waals surface area contributed by atoms with Gasteiger partial charge in [-0.2, -0.15) is 13.2 Å². The van der Waals surface area contributed by atoms with E-state index in [4.69, 9.17) is 4.74 Å². The van der Waals surface area contributed by atoms with Crippen LogP contribution in [-0.2, 0) is 14.3 Å². The van der Waals surface area contributed by atoms with Crippen molar-refractivity contribution >= 4 is 11.8 Å². The largest absolute Gasteiger partial charge is 0.465 e. The van der Waals surface area contributed by atoms with E-state index in [1.54, 1.807) is 20.8 Å². The highest BCUT2D eigenvalue weighted by Crippen LogP contribution is 2.16. The van der Waals surface area contributed by atoms with Gasteiger partial charge in [0.15, 0.2) is 0 Å². The summed E-state index contributed by atoms with van der Waals surface area (Å²) in [6, 6.07) is 0. The Balaban J connectivity index is 4.32. The maximum absolute atomic E-state index is 12.0. The molecule has 0 amide bonds. The van der Waals surface area contributed by atoms with Gasteiger partial charge in [-0.1, -0.05) is 13.8 Å². The molecule has 0 aliphatic heterocycles. The van der Waals surface area contributed by atoms with Crippen molar-refractivity contribution in [1.82, 2.24) is 10.6 Å². The molecule has 0 heterocycles. The highest BCUT2D eigenvalue weighted by molar-refractivity contribution is 5.94. The summed E-state index contributed by atoms with van der Waals surface area (Å²) in [6.45, 7) is 5.44. The number of allylic oxidation sites excluding steroid dienone is 1. The van der Waals surface area contributed by atoms with Crippen LogP contribution >= 0.6 is 0 Å². The number of rotatable bonds is 8. The first-order chi connectivity index (χ1) is 9.18. The number of carbonyl (C=O) groups is 2. The maximum Gasteiger partial charge on any atom is 0.454 e. The van der Waals surface area contributed by atoms with Crippen LogP contribution in [0.2, 0.25) is 0 Å². The number of alkyl halides is 3. The molecule has 0 aliphatic rings. The molecule has 5 nitrogen and oxygen atoms in total. The first-order valence-corrected chi connectivity index (χ1v) is 6.11. The van der Waals surface area contributed by atoms with Crippen LogP contribution in [0.3, 0.4) is 0 Å². The second-order valence-electron chi connectivity index (χ2n) is 4.27. The summed E-state index contributed by atoms with van der Waals surface area (Å²) >= 11 is 0. The predicted octanol–water partition coefficient (Wildman–Crippen LogP) is 1.36. The Kier molecular flexibility index (Phi) is 7.90. The SMILES string of the molecule is CCOC(=O)CNC(N/C=C/C(=O)C(F)(F)F)C(C)C. The molecule has 0 spiro atoms. The lowest BCUT2D eigenvalue weighted by Gasteiger charge is -2.22. The molecule has 0 rings (SSSR count). The Labute approximate surface area is 115 Å². The van der Waals surface area contributed by atoms with Crippen LogP contribution in [-0.4, -0.2) is 37.2 Å². The molecule has 2 N–H and O–H groups in total. The van der Waals surface area contributed by atoms with Crippen molar-refractivity contribution in [2.45, 2.75) is 33.1 Å². The molecule has 0 saturated carbocycles. The molecule has 116 valence electrons. The van der Waals surface area contributed by atoms with Gasteiger partial charge in [-0.05, 0) is 12.8 Å². The van der Waals surface area contributed by atoms with Crippen LogP contribution in [0.25, 0.3) is 0 Å². The van der Waals surface area contributed by atoms with E-state index >= 15 is 0 Å². The maximum atomic E-state index is 12.0. The highest BCUT2D eigenvalue weighted by Gasteiger charge is 2.36. The molecule has 8 heteroatoms. The van der Waals surface area contributed by atoms with Crippen LogP contribution in [0.1, 0.15) is 20.8 Å². The van der Waals surface area contributed by atoms with E-state index < -0.39 is 24.1 Å². The normalized spacial score (nSPS) is 13.6. The lowest BCUT2D eigenvalue weighted by atomic mass is 10.1. The smallest absolute Gasteiger partial charge is 0.454 e. The molecule has 20 heavy (non-hydrogen) atoms. The average molecular weight is 296 g/mol. The lowest BCUT2D eigenvalue weighted by molar-refractivity contribution is -0.165. The zero-order chi connectivity index (χ0) is 15.8. The molecule has 0 radical (unpaired) electrons. The Morgan fingerprint density at radius 2 is 1.90 bits per heavy atom. The first kappa shape index (κ1) is 18.4. The van der Waals surface area contributed by atoms with Crippen molar-refractivity contribution < 1.29 is 27.5 Å². The summed E-state index contributed by atoms with van der Waals surface area (Å²) in [5, 5.41) is 5.39. The monoisotopic (exact) mass is 296 g/mol. The van der Waals surface area contributed by atoms with Crippen LogP contribution in [0.15, 0.2) is 12.3 Å². The average Bonchev–Trinajstić information content (AvgIpc) is 2.31. The van der Waals surface area contributed by atoms with E-state index in [0.717, 1.165) is 6.20 Å². The summed E-state index contributed by atoms with van der Waals surface area (Å²) in [5.74, 6) is -2.43. The molecular formula is C12H19F3N2O3. The van der Waals surface area contributed by atoms with Crippen LogP contribution in [0.5, 0.6) is 0 Å². The lowest BCUT2D eigenvalue weighted by Crippen LogP contribution is -2.46. The molecule has 0 bridgehead atoms. The Bertz CT molecular complexity index is 354. The van der Waals surface area contributed by atoms with Gasteiger partial charge in [-0.25, -0.2) is 0 Å². The van der Waals surface area contributed by atoms with Crippen molar-refractivity contribution in [3.8, 4) is 0 Å². The van der Waals surface area contributed by atoms with E-state index in [1.807, 2.05) is 0 Å². The number of ketones is 1. The Hall–Kier alpha value is -1.57. The van der Waals surface area contributed by atoms with Crippen LogP contribution in [0.4, 0.5) is 13.2 Å². The summed E-state index contributed by atoms with van der Waals surface area (Å²) in [6.07, 6.45) is -4.03. The van der Waals surface area contributed by atoms with Gasteiger partial charge in [0.2, 0.25) is 0 Å². The van der Waals surface area contributed by atoms with Gasteiger partial charge >= 0.3 is 12.1 Å². The number of halogens is 3. The second-order valence-corrected chi connectivity index (χ2v) is 4.27. The van der Waals surface area contributed by atoms with Crippen molar-refractivity contribution in [2.24, 2.45) is 5.92 Å². The van der Waals surface area contributed by atoms with Gasteiger partial charge in [-0.15, -0.1) is 0 Å². The summed E-state index contributed by atoms with van der Waals surface area (Å²) < 4.78 is 40.6. The number of ether oxygens (including phenoxy) is 1. The van der Waals surface area contributed by atoms with Gasteiger partial charge in [-0.3, -0.25) is 14.9 Å². The zero-order valence-corrected chi connectivity index (χ0v) is 11.6. The molecule has 0 fully saturated rings. The van der Waals surface area contributed by atoms with Gasteiger partial charge in [0, 0.05) is 12.3 Å². The number of esters is 1. The molecule has 0 aromatic heterocycles. The molecule has 0 aliphatic carbocycles. The van der Waals surface area contributed by atoms with Crippen molar-refractivity contribution in [1.29, 1.82) is 0 Å². The van der Waals surface area contributed by atoms with E-state index in [-0.39, 0.29) is 19.1 Å². The van der Waals surface area contributed by atoms with E-state index in [2.05, 4.69) is 10.6 Å². The predicted molar refractivity (Wildman–Crippen MR) is 66.6 cm³/mol. The number of hydrogen-bond donors (Lipinski definition) is 2. The molecule has 1 atom stereocenters. The topological polar surface area (TPSA) is 67.4 Å². The van der Waals surface area contributed by atoms with Crippen LogP contribution in [0, 0.1) is 5.92 Å². The fraction of sp³-hybridized carbons (Fsp3) is 0.667. The van der Waals surface area contributed by atoms with Gasteiger partial charge < -0.3 is 10.1 Å². The molecule has 0 saturated heterocycles. The van der Waals surface area contributed by atoms with E-state index in [1.165, 1.54) is 0 Å². The van der Waals surface area contributed by atoms with Crippen molar-refractivity contribution in [3.63, 3.8) is 0 Å². The third-order valence-corrected chi connectivity index (χ3v) is 2.23. The van der Waals surface area contributed by atoms with E-state index in [9.17, 15) is 22.8 Å². The zero-order valence-electron chi connectivity index (χ0n) is 11.6. The van der Waals surface area contributed by atoms with Crippen LogP contribution < -0.4 is 10.6 Å². The standard InChI is InChI=1S/C12H19F3N2O3/c1-4-20-10(19)7-17-11(8(2)3)16-6-5-9(18)12(13,14)15/h5-6,8,11,16-17H,4,7H2,1-3H3/b6-5+. The second kappa shape index (κ2) is 8.57. The first-order valence-electron chi connectivity index (χ1n) is 6.11. The van der Waals surface area contributed by atoms with Gasteiger partial charge in [0.25, 0.3) is 5.78 Å². The van der Waals surface area contributed by atoms with E-state index in [0.29, 0.717) is 6.08 Å². The summed E-state index contributed by atoms with van der Waals surface area (Å²) in [7, 11) is 0. The molecule has 0 aromatic rings. The fourth-order valence-corrected chi connectivity index (χ4v) is 1.21. The van der Waals surface area contributed by atoms with Gasteiger partial charge in [0.05, 0.1) is 19.3 Å². The number of carbonyl (C=O) groups excluding carboxylic acids is 2. The summed E-state index contributed by atoms with van der Waals surface area (Å²) in [4.78, 5) is 21.8. The Morgan fingerprint density at radius 1 is 1.30 bits per heavy atom. The third-order valence-electron chi connectivity index (χ3n) is 2.23. The Morgan fingerprint density at radius 3 is 2.35 bits per heavy atom. The minimum atomic E-state index is -4.89. The quantitative estimate of drug-likeness (QED) is 0.402. The number of hydrogen-bond acceptors (Lipinski definition) is 5. The minimum absolute atomic E-state index is 0.0185. The van der Waals surface area contributed by atoms with Crippen molar-refractivity contribution in [2.75, 3.05) is 13.2 Å². The third kappa shape index (κ3) is 7.78. The van der Waals surface area contributed by atoms with Crippen molar-refractivity contribution in [3.05, 3.63) is 12.3 Å². The molecule has 0 aromatic carbocycles. The number of nitrogens with one attached hydrogen (secondary N) is 2. The minimum Gasteiger partial charge on any atom is -0.465 e. The highest BCUT2D eigenvalue weighted by atomic mass is 19.4. The fourth-order valence-electron chi connectivity index (χ4n) is 1.21. The van der Waals surface area contributed by atoms with Gasteiger partial charge in [0.1, 0.15) is 0 Å². The molecular weight excluding hydrogens is 277 g/mol. The summed E-state index contributed by atoms with van der Waals surface area (Å²) in [5.41, 5.74) is 0. The molecule has 1 unspecified atom stereocenters.